The Kier molecular flexibility index (Phi) is 7.41. The highest BCUT2D eigenvalue weighted by atomic mass is 32.2. The number of amidine groups is 1. The van der Waals surface area contributed by atoms with Gasteiger partial charge in [0.1, 0.15) is 22.6 Å². The van der Waals surface area contributed by atoms with Gasteiger partial charge >= 0.3 is 0 Å². The van der Waals surface area contributed by atoms with E-state index in [9.17, 15) is 14.0 Å². The molecule has 10 heteroatoms. The van der Waals surface area contributed by atoms with Gasteiger partial charge in [-0.05, 0) is 71.8 Å². The third-order valence-electron chi connectivity index (χ3n) is 6.26. The maximum Gasteiger partial charge on any atom is 0.262 e. The Balaban J connectivity index is 1.35. The summed E-state index contributed by atoms with van der Waals surface area (Å²) in [6, 6.07) is 20.6. The third kappa shape index (κ3) is 5.55. The minimum atomic E-state index is -0.679. The summed E-state index contributed by atoms with van der Waals surface area (Å²) in [6.07, 6.45) is 0.534. The van der Waals surface area contributed by atoms with E-state index in [-0.39, 0.29) is 24.3 Å². The van der Waals surface area contributed by atoms with Crippen LogP contribution >= 0.6 is 11.8 Å². The van der Waals surface area contributed by atoms with Crippen molar-refractivity contribution in [3.05, 3.63) is 89.7 Å². The minimum absolute atomic E-state index is 0.0655. The quantitative estimate of drug-likeness (QED) is 0.459. The molecule has 1 N–H and O–H groups in total. The molecule has 0 spiro atoms. The number of benzene rings is 3. The fraction of sp³-hybridized carbons (Fsp3) is 0.214. The van der Waals surface area contributed by atoms with Crippen LogP contribution in [0.3, 0.4) is 0 Å². The number of thioether (sulfide) groups is 1. The molecule has 0 saturated carbocycles. The lowest BCUT2D eigenvalue weighted by molar-refractivity contribution is -0.121. The molecule has 3 aromatic rings. The van der Waals surface area contributed by atoms with E-state index in [1.165, 1.54) is 36.0 Å². The Morgan fingerprint density at radius 2 is 1.63 bits per heavy atom. The number of methoxy groups -OCH3 is 2. The molecule has 5 rings (SSSR count). The average Bonchev–Trinajstić information content (AvgIpc) is 3.54. The fourth-order valence-electron chi connectivity index (χ4n) is 4.25. The molecule has 38 heavy (non-hydrogen) atoms. The maximum absolute atomic E-state index is 13.2. The Bertz CT molecular complexity index is 1390. The third-order valence-corrected chi connectivity index (χ3v) is 7.40. The van der Waals surface area contributed by atoms with E-state index in [0.717, 1.165) is 28.3 Å². The summed E-state index contributed by atoms with van der Waals surface area (Å²) in [7, 11) is 3.23. The number of aliphatic imine (C=N–C) groups is 1. The van der Waals surface area contributed by atoms with Crippen LogP contribution in [-0.2, 0) is 9.59 Å². The average molecular weight is 533 g/mol. The zero-order valence-electron chi connectivity index (χ0n) is 20.8. The zero-order valence-corrected chi connectivity index (χ0v) is 21.6. The standard InChI is InChI=1S/C28H25FN4O4S/c1-36-21-11-3-17(4-12-21)23-15-24(18-5-13-22(37-2)14-6-18)33(32-23)28-31-27(35)25(38-28)16-26(34)30-20-9-7-19(29)8-10-20/h3-14,24-25H,15-16H2,1-2H3,(H,30,34). The summed E-state index contributed by atoms with van der Waals surface area (Å²) >= 11 is 1.22. The number of nitrogens with zero attached hydrogens (tertiary/aromatic N) is 3. The highest BCUT2D eigenvalue weighted by molar-refractivity contribution is 8.15. The summed E-state index contributed by atoms with van der Waals surface area (Å²) in [6.45, 7) is 0. The van der Waals surface area contributed by atoms with Gasteiger partial charge in [-0.15, -0.1) is 0 Å². The molecular formula is C28H25FN4O4S. The molecule has 0 radical (unpaired) electrons. The predicted molar refractivity (Wildman–Crippen MR) is 145 cm³/mol. The first-order valence-corrected chi connectivity index (χ1v) is 12.8. The van der Waals surface area contributed by atoms with Crippen molar-refractivity contribution in [2.24, 2.45) is 10.1 Å². The van der Waals surface area contributed by atoms with Crippen molar-refractivity contribution in [2.45, 2.75) is 24.1 Å². The van der Waals surface area contributed by atoms with E-state index in [2.05, 4.69) is 10.3 Å². The van der Waals surface area contributed by atoms with Gasteiger partial charge in [0.25, 0.3) is 5.91 Å². The molecule has 2 atom stereocenters. The number of carbonyl (C=O) groups is 2. The highest BCUT2D eigenvalue weighted by Gasteiger charge is 2.39. The summed E-state index contributed by atoms with van der Waals surface area (Å²) in [5.74, 6) is 0.355. The first-order valence-electron chi connectivity index (χ1n) is 11.9. The van der Waals surface area contributed by atoms with Crippen LogP contribution in [0.5, 0.6) is 11.5 Å². The summed E-state index contributed by atoms with van der Waals surface area (Å²) in [4.78, 5) is 29.6. The molecule has 0 saturated heterocycles. The van der Waals surface area contributed by atoms with Gasteiger partial charge in [0.15, 0.2) is 5.17 Å². The Labute approximate surface area is 223 Å². The number of amides is 2. The summed E-state index contributed by atoms with van der Waals surface area (Å²) in [5, 5.41) is 9.09. The molecule has 0 fully saturated rings. The van der Waals surface area contributed by atoms with Crippen LogP contribution in [0.1, 0.15) is 30.0 Å². The Morgan fingerprint density at radius 3 is 2.26 bits per heavy atom. The second kappa shape index (κ2) is 11.1. The summed E-state index contributed by atoms with van der Waals surface area (Å²) < 4.78 is 23.7. The first kappa shape index (κ1) is 25.5. The van der Waals surface area contributed by atoms with Crippen molar-refractivity contribution < 1.29 is 23.5 Å². The van der Waals surface area contributed by atoms with Crippen LogP contribution in [0.4, 0.5) is 10.1 Å². The van der Waals surface area contributed by atoms with Crippen LogP contribution in [0, 0.1) is 5.82 Å². The molecule has 3 aromatic carbocycles. The van der Waals surface area contributed by atoms with Crippen molar-refractivity contribution in [1.29, 1.82) is 0 Å². The van der Waals surface area contributed by atoms with Crippen molar-refractivity contribution >= 4 is 40.1 Å². The van der Waals surface area contributed by atoms with E-state index in [1.807, 2.05) is 48.5 Å². The lowest BCUT2D eigenvalue weighted by Crippen LogP contribution is -2.25. The van der Waals surface area contributed by atoms with Crippen LogP contribution in [-0.4, -0.2) is 47.2 Å². The number of rotatable bonds is 7. The molecule has 8 nitrogen and oxygen atoms in total. The molecule has 2 amide bonds. The van der Waals surface area contributed by atoms with Crippen LogP contribution in [0.2, 0.25) is 0 Å². The number of anilines is 1. The first-order chi connectivity index (χ1) is 18.4. The molecule has 2 aliphatic heterocycles. The van der Waals surface area contributed by atoms with Gasteiger partial charge in [-0.3, -0.25) is 9.59 Å². The van der Waals surface area contributed by atoms with Crippen molar-refractivity contribution in [2.75, 3.05) is 19.5 Å². The number of carbonyl (C=O) groups excluding carboxylic acids is 2. The molecule has 2 aliphatic rings. The number of nitrogens with one attached hydrogen (secondary N) is 1. The lowest BCUT2D eigenvalue weighted by atomic mass is 9.98. The van der Waals surface area contributed by atoms with Gasteiger partial charge < -0.3 is 14.8 Å². The number of hydrogen-bond donors (Lipinski definition) is 1. The van der Waals surface area contributed by atoms with Crippen molar-refractivity contribution in [3.8, 4) is 11.5 Å². The largest absolute Gasteiger partial charge is 0.497 e. The molecule has 0 aliphatic carbocycles. The van der Waals surface area contributed by atoms with E-state index in [4.69, 9.17) is 14.6 Å². The number of hydrogen-bond acceptors (Lipinski definition) is 7. The van der Waals surface area contributed by atoms with Crippen LogP contribution < -0.4 is 14.8 Å². The van der Waals surface area contributed by atoms with Gasteiger partial charge in [0, 0.05) is 18.5 Å². The number of ether oxygens (including phenoxy) is 2. The molecular weight excluding hydrogens is 507 g/mol. The predicted octanol–water partition coefficient (Wildman–Crippen LogP) is 5.02. The van der Waals surface area contributed by atoms with Crippen LogP contribution in [0.25, 0.3) is 0 Å². The van der Waals surface area contributed by atoms with E-state index in [1.54, 1.807) is 19.2 Å². The zero-order chi connectivity index (χ0) is 26.6. The topological polar surface area (TPSA) is 92.6 Å². The monoisotopic (exact) mass is 532 g/mol. The van der Waals surface area contributed by atoms with E-state index < -0.39 is 11.1 Å². The van der Waals surface area contributed by atoms with Gasteiger partial charge in [-0.25, -0.2) is 9.40 Å². The smallest absolute Gasteiger partial charge is 0.262 e. The van der Waals surface area contributed by atoms with Gasteiger partial charge in [0.05, 0.1) is 26.0 Å². The van der Waals surface area contributed by atoms with E-state index >= 15 is 0 Å². The second-order valence-electron chi connectivity index (χ2n) is 8.71. The SMILES string of the molecule is COc1ccc(C2=NN(C3=NC(=O)C(CC(=O)Nc4ccc(F)cc4)S3)C(c3ccc(OC)cc3)C2)cc1. The fourth-order valence-corrected chi connectivity index (χ4v) is 5.31. The molecule has 2 heterocycles. The maximum atomic E-state index is 13.2. The number of halogens is 1. The number of hydrazone groups is 1. The van der Waals surface area contributed by atoms with Crippen LogP contribution in [0.15, 0.2) is 82.9 Å². The van der Waals surface area contributed by atoms with Gasteiger partial charge in [0.2, 0.25) is 5.91 Å². The minimum Gasteiger partial charge on any atom is -0.497 e. The normalized spacial score (nSPS) is 18.7. The van der Waals surface area contributed by atoms with E-state index in [0.29, 0.717) is 17.3 Å². The van der Waals surface area contributed by atoms with Gasteiger partial charge in [-0.1, -0.05) is 23.9 Å². The Morgan fingerprint density at radius 1 is 1.00 bits per heavy atom. The molecule has 0 bridgehead atoms. The molecule has 194 valence electrons. The van der Waals surface area contributed by atoms with Crippen molar-refractivity contribution in [3.63, 3.8) is 0 Å². The summed E-state index contributed by atoms with van der Waals surface area (Å²) in [5.41, 5.74) is 3.24. The Hall–Kier alpha value is -4.18. The highest BCUT2D eigenvalue weighted by Crippen LogP contribution is 2.39. The molecule has 0 aromatic heterocycles. The van der Waals surface area contributed by atoms with Crippen molar-refractivity contribution in [1.82, 2.24) is 5.01 Å². The second-order valence-corrected chi connectivity index (χ2v) is 9.88. The van der Waals surface area contributed by atoms with Gasteiger partial charge in [-0.2, -0.15) is 10.1 Å². The lowest BCUT2D eigenvalue weighted by Gasteiger charge is -2.23. The molecule has 2 unspecified atom stereocenters.